The Morgan fingerprint density at radius 2 is 2.19 bits per heavy atom. The maximum absolute atomic E-state index is 12.2. The number of urea groups is 1. The molecule has 2 aliphatic rings. The molecule has 7 nitrogen and oxygen atoms in total. The molecule has 7 heteroatoms. The van der Waals surface area contributed by atoms with Gasteiger partial charge in [-0.2, -0.15) is 0 Å². The van der Waals surface area contributed by atoms with E-state index >= 15 is 0 Å². The van der Waals surface area contributed by atoms with Gasteiger partial charge in [-0.3, -0.25) is 4.79 Å². The summed E-state index contributed by atoms with van der Waals surface area (Å²) < 4.78 is 11.7. The number of nitrogens with one attached hydrogen (secondary N) is 1. The molecule has 0 saturated carbocycles. The summed E-state index contributed by atoms with van der Waals surface area (Å²) in [4.78, 5) is 24.4. The van der Waals surface area contributed by atoms with E-state index in [1.165, 1.54) is 0 Å². The fraction of sp³-hybridized carbons (Fsp3) is 0.857. The molecule has 2 saturated heterocycles. The number of hydrogen-bond acceptors (Lipinski definition) is 4. The van der Waals surface area contributed by atoms with Gasteiger partial charge in [0.15, 0.2) is 0 Å². The fourth-order valence-corrected chi connectivity index (χ4v) is 3.00. The lowest BCUT2D eigenvalue weighted by molar-refractivity contribution is -0.159. The standard InChI is InChI=1S/C14H24N2O5/c1-10-8-16(13(19)15-6-3-4-12(17)18)9-14(21-10)5-7-20-11(14)2/h10-11H,3-9H2,1-2H3,(H,15,19)(H,17,18). The largest absolute Gasteiger partial charge is 0.481 e. The first kappa shape index (κ1) is 16.0. The van der Waals surface area contributed by atoms with Crippen molar-refractivity contribution in [3.63, 3.8) is 0 Å². The van der Waals surface area contributed by atoms with Gasteiger partial charge in [-0.15, -0.1) is 0 Å². The number of morpholine rings is 1. The molecule has 0 radical (unpaired) electrons. The zero-order chi connectivity index (χ0) is 15.5. The van der Waals surface area contributed by atoms with Crippen LogP contribution in [0.4, 0.5) is 4.79 Å². The lowest BCUT2D eigenvalue weighted by atomic mass is 9.93. The van der Waals surface area contributed by atoms with Crippen molar-refractivity contribution in [2.45, 2.75) is 50.9 Å². The van der Waals surface area contributed by atoms with Gasteiger partial charge < -0.3 is 24.8 Å². The Morgan fingerprint density at radius 3 is 2.81 bits per heavy atom. The van der Waals surface area contributed by atoms with E-state index in [0.29, 0.717) is 32.7 Å². The molecule has 0 aromatic heterocycles. The molecule has 0 aromatic rings. The second-order valence-corrected chi connectivity index (χ2v) is 5.87. The molecular weight excluding hydrogens is 276 g/mol. The van der Waals surface area contributed by atoms with Crippen molar-refractivity contribution < 1.29 is 24.2 Å². The summed E-state index contributed by atoms with van der Waals surface area (Å²) in [7, 11) is 0. The second-order valence-electron chi connectivity index (χ2n) is 5.87. The number of nitrogens with zero attached hydrogens (tertiary/aromatic N) is 1. The first-order chi connectivity index (χ1) is 9.93. The number of ether oxygens (including phenoxy) is 2. The molecule has 0 aromatic carbocycles. The van der Waals surface area contributed by atoms with E-state index in [1.54, 1.807) is 4.90 Å². The number of carbonyl (C=O) groups excluding carboxylic acids is 1. The Labute approximate surface area is 124 Å². The van der Waals surface area contributed by atoms with Crippen molar-refractivity contribution in [3.8, 4) is 0 Å². The molecule has 2 heterocycles. The SMILES string of the molecule is CC1CN(C(=O)NCCCC(=O)O)CC2(CCOC2C)O1. The monoisotopic (exact) mass is 300 g/mol. The summed E-state index contributed by atoms with van der Waals surface area (Å²) in [5, 5.41) is 11.4. The Kier molecular flexibility index (Phi) is 5.05. The van der Waals surface area contributed by atoms with Crippen LogP contribution in [0.25, 0.3) is 0 Å². The van der Waals surface area contributed by atoms with Gasteiger partial charge in [0.25, 0.3) is 0 Å². The smallest absolute Gasteiger partial charge is 0.317 e. The molecule has 2 fully saturated rings. The van der Waals surface area contributed by atoms with Crippen LogP contribution < -0.4 is 5.32 Å². The number of rotatable bonds is 4. The predicted octanol–water partition coefficient (Wildman–Crippen LogP) is 0.829. The Balaban J connectivity index is 1.87. The van der Waals surface area contributed by atoms with Crippen molar-refractivity contribution in [2.24, 2.45) is 0 Å². The summed E-state index contributed by atoms with van der Waals surface area (Å²) >= 11 is 0. The Bertz CT molecular complexity index is 403. The average molecular weight is 300 g/mol. The molecular formula is C14H24N2O5. The van der Waals surface area contributed by atoms with Crippen molar-refractivity contribution in [1.29, 1.82) is 0 Å². The van der Waals surface area contributed by atoms with Crippen LogP contribution in [0.5, 0.6) is 0 Å². The molecule has 2 amide bonds. The van der Waals surface area contributed by atoms with Crippen molar-refractivity contribution in [2.75, 3.05) is 26.2 Å². The van der Waals surface area contributed by atoms with E-state index in [4.69, 9.17) is 14.6 Å². The summed E-state index contributed by atoms with van der Waals surface area (Å²) in [6.07, 6.45) is 1.23. The fourth-order valence-electron chi connectivity index (χ4n) is 3.00. The molecule has 0 bridgehead atoms. The number of hydrogen-bond donors (Lipinski definition) is 2. The third-order valence-electron chi connectivity index (χ3n) is 4.14. The minimum absolute atomic E-state index is 0.0254. The number of carboxylic acids is 1. The van der Waals surface area contributed by atoms with E-state index in [0.717, 1.165) is 6.42 Å². The van der Waals surface area contributed by atoms with Crippen LogP contribution in [0.2, 0.25) is 0 Å². The molecule has 2 N–H and O–H groups in total. The number of carboxylic acid groups (broad SMARTS) is 1. The number of amides is 2. The van der Waals surface area contributed by atoms with Gasteiger partial charge in [0.05, 0.1) is 18.8 Å². The lowest BCUT2D eigenvalue weighted by Crippen LogP contribution is -2.61. The topological polar surface area (TPSA) is 88.1 Å². The van der Waals surface area contributed by atoms with E-state index in [9.17, 15) is 9.59 Å². The van der Waals surface area contributed by atoms with Crippen LogP contribution >= 0.6 is 0 Å². The van der Waals surface area contributed by atoms with E-state index in [1.807, 2.05) is 13.8 Å². The minimum atomic E-state index is -0.847. The van der Waals surface area contributed by atoms with Crippen molar-refractivity contribution >= 4 is 12.0 Å². The predicted molar refractivity (Wildman–Crippen MR) is 75.2 cm³/mol. The van der Waals surface area contributed by atoms with Gasteiger partial charge in [-0.25, -0.2) is 4.79 Å². The quantitative estimate of drug-likeness (QED) is 0.751. The summed E-state index contributed by atoms with van der Waals surface area (Å²) in [5.74, 6) is -0.847. The molecule has 3 unspecified atom stereocenters. The summed E-state index contributed by atoms with van der Waals surface area (Å²) in [6, 6.07) is -0.158. The zero-order valence-electron chi connectivity index (χ0n) is 12.6. The molecule has 0 aliphatic carbocycles. The molecule has 120 valence electrons. The third-order valence-corrected chi connectivity index (χ3v) is 4.14. The van der Waals surface area contributed by atoms with Crippen molar-refractivity contribution in [3.05, 3.63) is 0 Å². The summed E-state index contributed by atoms with van der Waals surface area (Å²) in [6.45, 7) is 6.02. The average Bonchev–Trinajstić information content (AvgIpc) is 2.74. The maximum Gasteiger partial charge on any atom is 0.317 e. The highest BCUT2D eigenvalue weighted by molar-refractivity contribution is 5.74. The summed E-state index contributed by atoms with van der Waals surface area (Å²) in [5.41, 5.74) is -0.407. The third kappa shape index (κ3) is 3.85. The normalized spacial score (nSPS) is 32.4. The van der Waals surface area contributed by atoms with Gasteiger partial charge in [0.2, 0.25) is 0 Å². The molecule has 2 aliphatic heterocycles. The first-order valence-electron chi connectivity index (χ1n) is 7.47. The van der Waals surface area contributed by atoms with E-state index < -0.39 is 11.6 Å². The van der Waals surface area contributed by atoms with Gasteiger partial charge in [0, 0.05) is 32.5 Å². The van der Waals surface area contributed by atoms with Crippen LogP contribution in [-0.4, -0.2) is 66.1 Å². The van der Waals surface area contributed by atoms with Crippen LogP contribution in [0.1, 0.15) is 33.1 Å². The van der Waals surface area contributed by atoms with E-state index in [-0.39, 0.29) is 24.7 Å². The molecule has 2 rings (SSSR count). The van der Waals surface area contributed by atoms with Gasteiger partial charge in [-0.05, 0) is 20.3 Å². The number of carbonyl (C=O) groups is 2. The Hall–Kier alpha value is -1.34. The first-order valence-corrected chi connectivity index (χ1v) is 7.47. The van der Waals surface area contributed by atoms with Gasteiger partial charge in [-0.1, -0.05) is 0 Å². The van der Waals surface area contributed by atoms with Crippen LogP contribution in [0, 0.1) is 0 Å². The molecule has 3 atom stereocenters. The van der Waals surface area contributed by atoms with Crippen LogP contribution in [-0.2, 0) is 14.3 Å². The number of aliphatic carboxylic acids is 1. The van der Waals surface area contributed by atoms with Crippen molar-refractivity contribution in [1.82, 2.24) is 10.2 Å². The highest BCUT2D eigenvalue weighted by atomic mass is 16.6. The highest BCUT2D eigenvalue weighted by Crippen LogP contribution is 2.34. The van der Waals surface area contributed by atoms with Crippen LogP contribution in [0.3, 0.4) is 0 Å². The minimum Gasteiger partial charge on any atom is -0.481 e. The molecule has 21 heavy (non-hydrogen) atoms. The van der Waals surface area contributed by atoms with E-state index in [2.05, 4.69) is 5.32 Å². The highest BCUT2D eigenvalue weighted by Gasteiger charge is 2.48. The van der Waals surface area contributed by atoms with Crippen LogP contribution in [0.15, 0.2) is 0 Å². The van der Waals surface area contributed by atoms with Gasteiger partial charge >= 0.3 is 12.0 Å². The zero-order valence-corrected chi connectivity index (χ0v) is 12.6. The maximum atomic E-state index is 12.2. The lowest BCUT2D eigenvalue weighted by Gasteiger charge is -2.45. The molecule has 1 spiro atoms. The van der Waals surface area contributed by atoms with Gasteiger partial charge in [0.1, 0.15) is 5.60 Å². The second kappa shape index (κ2) is 6.62. The Morgan fingerprint density at radius 1 is 1.43 bits per heavy atom.